The maximum absolute atomic E-state index is 11.3. The van der Waals surface area contributed by atoms with E-state index in [0.29, 0.717) is 17.5 Å². The zero-order valence-electron chi connectivity index (χ0n) is 13.9. The summed E-state index contributed by atoms with van der Waals surface area (Å²) in [4.78, 5) is 24.6. The minimum atomic E-state index is -0.897. The minimum Gasteiger partial charge on any atom is -0.465 e. The summed E-state index contributed by atoms with van der Waals surface area (Å²) in [6, 6.07) is 11.5. The Balaban J connectivity index is 1.56. The summed E-state index contributed by atoms with van der Waals surface area (Å²) in [5, 5.41) is 9.77. The van der Waals surface area contributed by atoms with Crippen LogP contribution in [0.4, 0.5) is 4.79 Å². The molecule has 4 rings (SSSR count). The molecule has 7 heteroatoms. The Labute approximate surface area is 155 Å². The maximum atomic E-state index is 11.3. The molecule has 0 spiro atoms. The molecule has 2 aromatic heterocycles. The number of imidazole rings is 1. The summed E-state index contributed by atoms with van der Waals surface area (Å²) >= 11 is 5.83. The van der Waals surface area contributed by atoms with Crippen molar-refractivity contribution in [3.63, 3.8) is 0 Å². The van der Waals surface area contributed by atoms with Gasteiger partial charge in [-0.05, 0) is 36.1 Å². The first kappa shape index (κ1) is 16.6. The number of nitrogens with one attached hydrogen (secondary N) is 1. The predicted octanol–water partition coefficient (Wildman–Crippen LogP) is 4.61. The van der Waals surface area contributed by atoms with Crippen LogP contribution in [0.15, 0.2) is 48.8 Å². The molecule has 1 aliphatic heterocycles. The molecular weight excluding hydrogens is 352 g/mol. The van der Waals surface area contributed by atoms with Crippen molar-refractivity contribution in [2.45, 2.75) is 18.9 Å². The second-order valence-corrected chi connectivity index (χ2v) is 6.65. The fraction of sp³-hybridized carbons (Fsp3) is 0.211. The molecule has 6 nitrogen and oxygen atoms in total. The average molecular weight is 369 g/mol. The molecule has 1 aromatic carbocycles. The van der Waals surface area contributed by atoms with Gasteiger partial charge in [-0.25, -0.2) is 14.8 Å². The summed E-state index contributed by atoms with van der Waals surface area (Å²) in [5.74, 6) is 0.700. The Hall–Kier alpha value is -2.86. The van der Waals surface area contributed by atoms with Gasteiger partial charge in [-0.1, -0.05) is 35.9 Å². The highest BCUT2D eigenvalue weighted by molar-refractivity contribution is 6.29. The lowest BCUT2D eigenvalue weighted by atomic mass is 10.0. The average Bonchev–Trinajstić information content (AvgIpc) is 3.32. The van der Waals surface area contributed by atoms with E-state index in [1.807, 2.05) is 30.3 Å². The molecule has 1 saturated heterocycles. The van der Waals surface area contributed by atoms with Crippen LogP contribution in [0, 0.1) is 0 Å². The van der Waals surface area contributed by atoms with Gasteiger partial charge in [-0.3, -0.25) is 4.90 Å². The number of hydrogen-bond acceptors (Lipinski definition) is 3. The van der Waals surface area contributed by atoms with Crippen molar-refractivity contribution in [3.8, 4) is 22.4 Å². The molecule has 1 aliphatic rings. The molecule has 2 N–H and O–H groups in total. The number of aromatic amines is 1. The number of carbonyl (C=O) groups is 1. The summed E-state index contributed by atoms with van der Waals surface area (Å²) in [6.45, 7) is 0.555. The van der Waals surface area contributed by atoms with Crippen molar-refractivity contribution >= 4 is 17.7 Å². The molecule has 3 aromatic rings. The molecular formula is C19H17ClN4O2. The van der Waals surface area contributed by atoms with Gasteiger partial charge >= 0.3 is 6.09 Å². The van der Waals surface area contributed by atoms with Crippen LogP contribution in [0.3, 0.4) is 0 Å². The number of carboxylic acid groups (broad SMARTS) is 1. The van der Waals surface area contributed by atoms with E-state index >= 15 is 0 Å². The van der Waals surface area contributed by atoms with E-state index < -0.39 is 6.09 Å². The Morgan fingerprint density at radius 1 is 1.08 bits per heavy atom. The Kier molecular flexibility index (Phi) is 4.34. The third-order valence-corrected chi connectivity index (χ3v) is 4.89. The standard InChI is InChI=1S/C19H17ClN4O2/c20-17-8-7-14(10-21-17)12-3-5-13(6-4-12)15-11-22-18(23-15)16-2-1-9-24(16)19(25)26/h3-8,10-11,16H,1-2,9H2,(H,22,23)(H,25,26)/t16-/m0/s1. The number of halogens is 1. The third kappa shape index (κ3) is 3.15. The first-order valence-electron chi connectivity index (χ1n) is 8.38. The van der Waals surface area contributed by atoms with E-state index in [1.54, 1.807) is 18.5 Å². The van der Waals surface area contributed by atoms with Gasteiger partial charge in [-0.2, -0.15) is 0 Å². The SMILES string of the molecule is O=C(O)N1CCC[C@H]1c1ncc(-c2ccc(-c3ccc(Cl)nc3)cc2)[nH]1. The number of H-pyrrole nitrogens is 1. The van der Waals surface area contributed by atoms with Crippen LogP contribution in [-0.2, 0) is 0 Å². The minimum absolute atomic E-state index is 0.194. The molecule has 1 atom stereocenters. The van der Waals surface area contributed by atoms with Crippen LogP contribution in [0.1, 0.15) is 24.7 Å². The van der Waals surface area contributed by atoms with Gasteiger partial charge in [0.15, 0.2) is 0 Å². The van der Waals surface area contributed by atoms with Crippen molar-refractivity contribution in [1.82, 2.24) is 19.9 Å². The number of aromatic nitrogens is 3. The Morgan fingerprint density at radius 3 is 2.50 bits per heavy atom. The molecule has 0 radical (unpaired) electrons. The van der Waals surface area contributed by atoms with Crippen LogP contribution in [-0.4, -0.2) is 37.6 Å². The lowest BCUT2D eigenvalue weighted by molar-refractivity contribution is 0.139. The largest absolute Gasteiger partial charge is 0.465 e. The van der Waals surface area contributed by atoms with Gasteiger partial charge in [0.05, 0.1) is 17.9 Å². The van der Waals surface area contributed by atoms with Crippen LogP contribution in [0.5, 0.6) is 0 Å². The number of pyridine rings is 1. The zero-order valence-corrected chi connectivity index (χ0v) is 14.6. The number of amides is 1. The zero-order chi connectivity index (χ0) is 18.1. The van der Waals surface area contributed by atoms with Gasteiger partial charge in [0.1, 0.15) is 11.0 Å². The summed E-state index contributed by atoms with van der Waals surface area (Å²) < 4.78 is 0. The van der Waals surface area contributed by atoms with Crippen LogP contribution < -0.4 is 0 Å². The van der Waals surface area contributed by atoms with Crippen LogP contribution in [0.2, 0.25) is 5.15 Å². The van der Waals surface area contributed by atoms with E-state index in [2.05, 4.69) is 15.0 Å². The fourth-order valence-corrected chi connectivity index (χ4v) is 3.43. The predicted molar refractivity (Wildman–Crippen MR) is 99.0 cm³/mol. The van der Waals surface area contributed by atoms with E-state index in [-0.39, 0.29) is 6.04 Å². The van der Waals surface area contributed by atoms with Crippen molar-refractivity contribution in [2.75, 3.05) is 6.54 Å². The van der Waals surface area contributed by atoms with Crippen molar-refractivity contribution in [2.24, 2.45) is 0 Å². The molecule has 26 heavy (non-hydrogen) atoms. The second-order valence-electron chi connectivity index (χ2n) is 6.26. The first-order valence-corrected chi connectivity index (χ1v) is 8.76. The molecule has 0 unspecified atom stereocenters. The normalized spacial score (nSPS) is 16.8. The van der Waals surface area contributed by atoms with Crippen molar-refractivity contribution in [1.29, 1.82) is 0 Å². The first-order chi connectivity index (χ1) is 12.6. The number of benzene rings is 1. The molecule has 1 amide bonds. The molecule has 1 fully saturated rings. The highest BCUT2D eigenvalue weighted by Gasteiger charge is 2.31. The van der Waals surface area contributed by atoms with Gasteiger partial charge in [0.25, 0.3) is 0 Å². The maximum Gasteiger partial charge on any atom is 0.407 e. The van der Waals surface area contributed by atoms with Crippen molar-refractivity contribution in [3.05, 3.63) is 59.8 Å². The number of rotatable bonds is 3. The Morgan fingerprint density at radius 2 is 1.81 bits per heavy atom. The number of hydrogen-bond donors (Lipinski definition) is 2. The van der Waals surface area contributed by atoms with E-state index in [0.717, 1.165) is 35.2 Å². The number of likely N-dealkylation sites (tertiary alicyclic amines) is 1. The molecule has 0 bridgehead atoms. The smallest absolute Gasteiger partial charge is 0.407 e. The van der Waals surface area contributed by atoms with E-state index in [1.165, 1.54) is 4.90 Å². The van der Waals surface area contributed by atoms with Gasteiger partial charge < -0.3 is 10.1 Å². The van der Waals surface area contributed by atoms with Crippen LogP contribution in [0.25, 0.3) is 22.4 Å². The summed E-state index contributed by atoms with van der Waals surface area (Å²) in [5.41, 5.74) is 3.91. The molecule has 132 valence electrons. The topological polar surface area (TPSA) is 82.1 Å². The fourth-order valence-electron chi connectivity index (χ4n) is 3.32. The lowest BCUT2D eigenvalue weighted by Gasteiger charge is -2.19. The Bertz CT molecular complexity index is 921. The van der Waals surface area contributed by atoms with Crippen molar-refractivity contribution < 1.29 is 9.90 Å². The monoisotopic (exact) mass is 368 g/mol. The quantitative estimate of drug-likeness (QED) is 0.661. The number of nitrogens with zero attached hydrogens (tertiary/aromatic N) is 3. The molecule has 3 heterocycles. The van der Waals surface area contributed by atoms with Crippen LogP contribution >= 0.6 is 11.6 Å². The highest BCUT2D eigenvalue weighted by Crippen LogP contribution is 2.31. The van der Waals surface area contributed by atoms with Gasteiger partial charge in [0, 0.05) is 18.3 Å². The lowest BCUT2D eigenvalue weighted by Crippen LogP contribution is -2.29. The second kappa shape index (κ2) is 6.80. The van der Waals surface area contributed by atoms with E-state index in [9.17, 15) is 9.90 Å². The third-order valence-electron chi connectivity index (χ3n) is 4.67. The van der Waals surface area contributed by atoms with Gasteiger partial charge in [-0.15, -0.1) is 0 Å². The summed E-state index contributed by atoms with van der Waals surface area (Å²) in [6.07, 6.45) is 4.25. The molecule has 0 aliphatic carbocycles. The summed E-state index contributed by atoms with van der Waals surface area (Å²) in [7, 11) is 0. The van der Waals surface area contributed by atoms with E-state index in [4.69, 9.17) is 11.6 Å². The highest BCUT2D eigenvalue weighted by atomic mass is 35.5. The molecule has 0 saturated carbocycles. The van der Waals surface area contributed by atoms with Gasteiger partial charge in [0.2, 0.25) is 0 Å².